The van der Waals surface area contributed by atoms with Crippen molar-refractivity contribution < 1.29 is 9.13 Å². The maximum Gasteiger partial charge on any atom is 0.191 e. The fourth-order valence-electron chi connectivity index (χ4n) is 2.61. The summed E-state index contributed by atoms with van der Waals surface area (Å²) in [6, 6.07) is 14.7. The van der Waals surface area contributed by atoms with Gasteiger partial charge in [-0.1, -0.05) is 43.8 Å². The molecule has 0 fully saturated rings. The molecule has 0 aliphatic carbocycles. The first-order chi connectivity index (χ1) is 13.1. The van der Waals surface area contributed by atoms with Crippen LogP contribution in [0.4, 0.5) is 4.39 Å². The van der Waals surface area contributed by atoms with Crippen molar-refractivity contribution in [3.63, 3.8) is 0 Å². The largest absolute Gasteiger partial charge is 0.493 e. The molecule has 1 aromatic heterocycles. The lowest BCUT2D eigenvalue weighted by atomic mass is 10.2. The van der Waals surface area contributed by atoms with E-state index in [1.165, 1.54) is 17.8 Å². The van der Waals surface area contributed by atoms with E-state index in [0.717, 1.165) is 28.8 Å². The Labute approximate surface area is 163 Å². The number of rotatable bonds is 8. The zero-order valence-electron chi connectivity index (χ0n) is 15.9. The summed E-state index contributed by atoms with van der Waals surface area (Å²) >= 11 is 1.49. The Bertz CT molecular complexity index is 877. The van der Waals surface area contributed by atoms with Gasteiger partial charge in [0.2, 0.25) is 0 Å². The van der Waals surface area contributed by atoms with E-state index in [0.29, 0.717) is 23.8 Å². The van der Waals surface area contributed by atoms with Gasteiger partial charge < -0.3 is 9.30 Å². The summed E-state index contributed by atoms with van der Waals surface area (Å²) < 4.78 is 21.6. The Hall–Kier alpha value is -2.34. The Balaban J connectivity index is 1.74. The van der Waals surface area contributed by atoms with Crippen molar-refractivity contribution in [2.24, 2.45) is 5.92 Å². The van der Waals surface area contributed by atoms with E-state index in [4.69, 9.17) is 4.74 Å². The molecule has 3 rings (SSSR count). The number of aromatic nitrogens is 3. The molecular formula is C21H24FN3OS. The van der Waals surface area contributed by atoms with Crippen molar-refractivity contribution in [1.82, 2.24) is 14.8 Å². The van der Waals surface area contributed by atoms with E-state index < -0.39 is 0 Å². The van der Waals surface area contributed by atoms with Crippen molar-refractivity contribution in [3.8, 4) is 17.1 Å². The average molecular weight is 386 g/mol. The topological polar surface area (TPSA) is 39.9 Å². The molecule has 0 spiro atoms. The van der Waals surface area contributed by atoms with E-state index in [2.05, 4.69) is 35.5 Å². The van der Waals surface area contributed by atoms with Gasteiger partial charge in [-0.2, -0.15) is 0 Å². The van der Waals surface area contributed by atoms with Gasteiger partial charge in [-0.25, -0.2) is 4.39 Å². The third-order valence-electron chi connectivity index (χ3n) is 4.04. The summed E-state index contributed by atoms with van der Waals surface area (Å²) in [4.78, 5) is 0. The number of hydrogen-bond donors (Lipinski definition) is 0. The monoisotopic (exact) mass is 385 g/mol. The summed E-state index contributed by atoms with van der Waals surface area (Å²) in [7, 11) is 0. The predicted molar refractivity (Wildman–Crippen MR) is 107 cm³/mol. The average Bonchev–Trinajstić information content (AvgIpc) is 3.09. The van der Waals surface area contributed by atoms with Gasteiger partial charge in [-0.05, 0) is 48.7 Å². The van der Waals surface area contributed by atoms with Crippen molar-refractivity contribution in [1.29, 1.82) is 0 Å². The zero-order chi connectivity index (χ0) is 19.2. The number of thioether (sulfide) groups is 1. The third kappa shape index (κ3) is 4.89. The SMILES string of the molecule is CCn1c(SCc2ccccc2F)nnc1-c1ccc(OCC(C)C)cc1. The summed E-state index contributed by atoms with van der Waals surface area (Å²) in [6.45, 7) is 7.74. The first-order valence-electron chi connectivity index (χ1n) is 9.11. The molecule has 0 aliphatic rings. The molecule has 0 aliphatic heterocycles. The Morgan fingerprint density at radius 2 is 1.81 bits per heavy atom. The van der Waals surface area contributed by atoms with Crippen LogP contribution in [0, 0.1) is 11.7 Å². The van der Waals surface area contributed by atoms with Crippen LogP contribution in [-0.4, -0.2) is 21.4 Å². The van der Waals surface area contributed by atoms with E-state index >= 15 is 0 Å². The number of benzene rings is 2. The molecule has 0 unspecified atom stereocenters. The smallest absolute Gasteiger partial charge is 0.191 e. The van der Waals surface area contributed by atoms with Gasteiger partial charge in [0.1, 0.15) is 11.6 Å². The number of hydrogen-bond acceptors (Lipinski definition) is 4. The van der Waals surface area contributed by atoms with Crippen molar-refractivity contribution in [3.05, 3.63) is 59.9 Å². The molecule has 4 nitrogen and oxygen atoms in total. The molecular weight excluding hydrogens is 361 g/mol. The molecule has 0 bridgehead atoms. The highest BCUT2D eigenvalue weighted by Crippen LogP contribution is 2.28. The first-order valence-corrected chi connectivity index (χ1v) is 10.1. The van der Waals surface area contributed by atoms with Crippen molar-refractivity contribution in [2.45, 2.75) is 38.2 Å². The Morgan fingerprint density at radius 3 is 2.48 bits per heavy atom. The van der Waals surface area contributed by atoms with Crippen LogP contribution in [0.3, 0.4) is 0 Å². The summed E-state index contributed by atoms with van der Waals surface area (Å²) in [5, 5.41) is 9.45. The Kier molecular flexibility index (Phi) is 6.50. The Morgan fingerprint density at radius 1 is 1.07 bits per heavy atom. The second-order valence-corrected chi connectivity index (χ2v) is 7.60. The van der Waals surface area contributed by atoms with E-state index in [-0.39, 0.29) is 5.82 Å². The highest BCUT2D eigenvalue weighted by molar-refractivity contribution is 7.98. The molecule has 2 aromatic carbocycles. The molecule has 3 aromatic rings. The second kappa shape index (κ2) is 9.04. The minimum atomic E-state index is -0.190. The highest BCUT2D eigenvalue weighted by Gasteiger charge is 2.14. The van der Waals surface area contributed by atoms with Crippen LogP contribution in [0.25, 0.3) is 11.4 Å². The molecule has 142 valence electrons. The molecule has 1 heterocycles. The molecule has 0 saturated carbocycles. The summed E-state index contributed by atoms with van der Waals surface area (Å²) in [5.74, 6) is 2.48. The number of nitrogens with zero attached hydrogens (tertiary/aromatic N) is 3. The fourth-order valence-corrected chi connectivity index (χ4v) is 3.60. The van der Waals surface area contributed by atoms with Gasteiger partial charge in [0, 0.05) is 17.9 Å². The van der Waals surface area contributed by atoms with Crippen molar-refractivity contribution in [2.75, 3.05) is 6.61 Å². The molecule has 0 atom stereocenters. The standard InChI is InChI=1S/C21H24FN3OS/c1-4-25-20(16-9-11-18(12-10-16)26-13-15(2)3)23-24-21(25)27-14-17-7-5-6-8-19(17)22/h5-12,15H,4,13-14H2,1-3H3. The maximum absolute atomic E-state index is 13.8. The van der Waals surface area contributed by atoms with Crippen LogP contribution < -0.4 is 4.74 Å². The van der Waals surface area contributed by atoms with Gasteiger partial charge in [0.05, 0.1) is 6.61 Å². The van der Waals surface area contributed by atoms with Crippen LogP contribution in [-0.2, 0) is 12.3 Å². The molecule has 6 heteroatoms. The van der Waals surface area contributed by atoms with Crippen LogP contribution >= 0.6 is 11.8 Å². The van der Waals surface area contributed by atoms with Gasteiger partial charge in [-0.3, -0.25) is 0 Å². The molecule has 0 amide bonds. The van der Waals surface area contributed by atoms with Crippen LogP contribution in [0.15, 0.2) is 53.7 Å². The second-order valence-electron chi connectivity index (χ2n) is 6.66. The minimum absolute atomic E-state index is 0.190. The maximum atomic E-state index is 13.8. The van der Waals surface area contributed by atoms with E-state index in [1.807, 2.05) is 30.3 Å². The highest BCUT2D eigenvalue weighted by atomic mass is 32.2. The molecule has 27 heavy (non-hydrogen) atoms. The van der Waals surface area contributed by atoms with Crippen LogP contribution in [0.1, 0.15) is 26.3 Å². The van der Waals surface area contributed by atoms with E-state index in [1.54, 1.807) is 12.1 Å². The number of ether oxygens (including phenoxy) is 1. The van der Waals surface area contributed by atoms with Gasteiger partial charge in [0.25, 0.3) is 0 Å². The summed E-state index contributed by atoms with van der Waals surface area (Å²) in [6.07, 6.45) is 0. The lowest BCUT2D eigenvalue weighted by molar-refractivity contribution is 0.271. The molecule has 0 N–H and O–H groups in total. The van der Waals surface area contributed by atoms with Crippen molar-refractivity contribution >= 4 is 11.8 Å². The van der Waals surface area contributed by atoms with Gasteiger partial charge in [-0.15, -0.1) is 10.2 Å². The zero-order valence-corrected chi connectivity index (χ0v) is 16.7. The minimum Gasteiger partial charge on any atom is -0.493 e. The molecule has 0 radical (unpaired) electrons. The molecule has 0 saturated heterocycles. The number of halogens is 1. The lowest BCUT2D eigenvalue weighted by Gasteiger charge is -2.10. The van der Waals surface area contributed by atoms with Gasteiger partial charge in [0.15, 0.2) is 11.0 Å². The van der Waals surface area contributed by atoms with Gasteiger partial charge >= 0.3 is 0 Å². The third-order valence-corrected chi connectivity index (χ3v) is 5.06. The fraction of sp³-hybridized carbons (Fsp3) is 0.333. The normalized spacial score (nSPS) is 11.1. The van der Waals surface area contributed by atoms with E-state index in [9.17, 15) is 4.39 Å². The van der Waals surface area contributed by atoms with Crippen LogP contribution in [0.2, 0.25) is 0 Å². The first kappa shape index (κ1) is 19.4. The lowest BCUT2D eigenvalue weighted by Crippen LogP contribution is -2.04. The quantitative estimate of drug-likeness (QED) is 0.485. The predicted octanol–water partition coefficient (Wildman–Crippen LogP) is 5.43. The summed E-state index contributed by atoms with van der Waals surface area (Å²) in [5.41, 5.74) is 1.65. The van der Waals surface area contributed by atoms with Crippen LogP contribution in [0.5, 0.6) is 5.75 Å².